The molecule has 5 heteroatoms. The lowest BCUT2D eigenvalue weighted by Gasteiger charge is -2.10. The molecule has 0 aromatic rings. The summed E-state index contributed by atoms with van der Waals surface area (Å²) in [4.78, 5) is 11.0. The molecule has 0 amide bonds. The fourth-order valence-electron chi connectivity index (χ4n) is 0.594. The van der Waals surface area contributed by atoms with E-state index in [1.165, 1.54) is 0 Å². The van der Waals surface area contributed by atoms with E-state index in [0.717, 1.165) is 12.8 Å². The van der Waals surface area contributed by atoms with Gasteiger partial charge in [0, 0.05) is 7.85 Å². The van der Waals surface area contributed by atoms with Crippen LogP contribution in [0.3, 0.4) is 0 Å². The molecule has 84 valence electrons. The summed E-state index contributed by atoms with van der Waals surface area (Å²) >= 11 is 4.51. The summed E-state index contributed by atoms with van der Waals surface area (Å²) in [5.74, 6) is 0. The zero-order valence-corrected chi connectivity index (χ0v) is 12.8. The first-order chi connectivity index (χ1) is 6.60. The number of hydrogen-bond donors (Lipinski definition) is 0. The average Bonchev–Trinajstić information content (AvgIpc) is 2.22. The Morgan fingerprint density at radius 1 is 1.07 bits per heavy atom. The van der Waals surface area contributed by atoms with Crippen LogP contribution >= 0.6 is 45.2 Å². The number of carbonyl (C=O) groups excluding carboxylic acids is 1. The van der Waals surface area contributed by atoms with Gasteiger partial charge in [0.2, 0.25) is 0 Å². The molecule has 0 aromatic heterocycles. The smallest absolute Gasteiger partial charge is 0.433 e. The van der Waals surface area contributed by atoms with Crippen LogP contribution in [0.5, 0.6) is 0 Å². The molecule has 3 nitrogen and oxygen atoms in total. The molecular weight excluding hydrogens is 410 g/mol. The van der Waals surface area contributed by atoms with Gasteiger partial charge in [-0.1, -0.05) is 59.0 Å². The summed E-state index contributed by atoms with van der Waals surface area (Å²) in [7, 11) is 0. The summed E-state index contributed by atoms with van der Waals surface area (Å²) in [6, 6.07) is 0. The van der Waals surface area contributed by atoms with E-state index in [1.807, 2.05) is 0 Å². The second-order valence-electron chi connectivity index (χ2n) is 2.88. The highest BCUT2D eigenvalue weighted by atomic mass is 127. The van der Waals surface area contributed by atoms with Crippen LogP contribution in [0.4, 0.5) is 4.79 Å². The first-order valence-corrected chi connectivity index (χ1v) is 7.16. The zero-order valence-electron chi connectivity index (χ0n) is 8.46. The Kier molecular flexibility index (Phi) is 9.46. The van der Waals surface area contributed by atoms with Crippen molar-refractivity contribution in [3.8, 4) is 0 Å². The molecule has 0 heterocycles. The van der Waals surface area contributed by atoms with Crippen molar-refractivity contribution in [1.82, 2.24) is 0 Å². The molecule has 0 saturated carbocycles. The summed E-state index contributed by atoms with van der Waals surface area (Å²) < 4.78 is 10.6. The van der Waals surface area contributed by atoms with Gasteiger partial charge in [-0.05, 0) is 12.8 Å². The maximum atomic E-state index is 11.0. The van der Waals surface area contributed by atoms with Crippen molar-refractivity contribution in [2.45, 2.75) is 34.5 Å². The van der Waals surface area contributed by atoms with Crippen LogP contribution in [0, 0.1) is 0 Å². The van der Waals surface area contributed by atoms with Crippen molar-refractivity contribution in [1.29, 1.82) is 0 Å². The van der Waals surface area contributed by atoms with Gasteiger partial charge in [-0.3, -0.25) is 0 Å². The minimum absolute atomic E-state index is 0.377. The molecule has 0 N–H and O–H groups in total. The Morgan fingerprint density at radius 2 is 1.43 bits per heavy atom. The van der Waals surface area contributed by atoms with Gasteiger partial charge in [-0.2, -0.15) is 0 Å². The van der Waals surface area contributed by atoms with Crippen molar-refractivity contribution < 1.29 is 14.3 Å². The SMILES string of the molecule is CCC(I)COC(=O)OCC(I)CC. The van der Waals surface area contributed by atoms with Gasteiger partial charge in [0.25, 0.3) is 0 Å². The van der Waals surface area contributed by atoms with Gasteiger partial charge in [-0.25, -0.2) is 4.79 Å². The highest BCUT2D eigenvalue weighted by Crippen LogP contribution is 2.08. The van der Waals surface area contributed by atoms with E-state index in [0.29, 0.717) is 21.1 Å². The van der Waals surface area contributed by atoms with Crippen molar-refractivity contribution in [2.75, 3.05) is 13.2 Å². The van der Waals surface area contributed by atoms with Gasteiger partial charge >= 0.3 is 6.16 Å². The van der Waals surface area contributed by atoms with Crippen LogP contribution in [-0.4, -0.2) is 27.2 Å². The number of carbonyl (C=O) groups is 1. The molecule has 0 aliphatic carbocycles. The Hall–Kier alpha value is 0.730. The van der Waals surface area contributed by atoms with E-state index < -0.39 is 6.16 Å². The van der Waals surface area contributed by atoms with E-state index in [4.69, 9.17) is 9.47 Å². The number of ether oxygens (including phenoxy) is 2. The first-order valence-electron chi connectivity index (χ1n) is 4.67. The fourth-order valence-corrected chi connectivity index (χ4v) is 0.954. The Balaban J connectivity index is 3.46. The standard InChI is InChI=1S/C9H16I2O3/c1-3-7(10)5-13-9(12)14-6-8(11)4-2/h7-8H,3-6H2,1-2H3. The van der Waals surface area contributed by atoms with Crippen molar-refractivity contribution in [2.24, 2.45) is 0 Å². The predicted octanol–water partition coefficient (Wildman–Crippen LogP) is 3.57. The monoisotopic (exact) mass is 426 g/mol. The lowest BCUT2D eigenvalue weighted by atomic mass is 10.4. The Bertz CT molecular complexity index is 148. The minimum atomic E-state index is -0.546. The maximum Gasteiger partial charge on any atom is 0.508 e. The maximum absolute atomic E-state index is 11.0. The fraction of sp³-hybridized carbons (Fsp3) is 0.889. The Morgan fingerprint density at radius 3 is 1.71 bits per heavy atom. The van der Waals surface area contributed by atoms with Crippen LogP contribution in [-0.2, 0) is 9.47 Å². The molecule has 0 fully saturated rings. The van der Waals surface area contributed by atoms with Crippen LogP contribution < -0.4 is 0 Å². The highest BCUT2D eigenvalue weighted by Gasteiger charge is 2.09. The predicted molar refractivity (Wildman–Crippen MR) is 73.5 cm³/mol. The van der Waals surface area contributed by atoms with Gasteiger partial charge in [0.1, 0.15) is 13.2 Å². The second kappa shape index (κ2) is 8.99. The van der Waals surface area contributed by atoms with E-state index >= 15 is 0 Å². The molecule has 0 rings (SSSR count). The van der Waals surface area contributed by atoms with Gasteiger partial charge in [0.15, 0.2) is 0 Å². The van der Waals surface area contributed by atoms with Gasteiger partial charge in [-0.15, -0.1) is 0 Å². The second-order valence-corrected chi connectivity index (χ2v) is 6.41. The first kappa shape index (κ1) is 14.7. The molecular formula is C9H16I2O3. The van der Waals surface area contributed by atoms with E-state index in [-0.39, 0.29) is 0 Å². The Labute approximate surface area is 113 Å². The van der Waals surface area contributed by atoms with E-state index in [2.05, 4.69) is 59.0 Å². The third-order valence-corrected chi connectivity index (χ3v) is 4.13. The molecule has 0 radical (unpaired) electrons. The molecule has 0 aliphatic heterocycles. The molecule has 2 atom stereocenters. The number of rotatable bonds is 6. The van der Waals surface area contributed by atoms with Crippen LogP contribution in [0.1, 0.15) is 26.7 Å². The van der Waals surface area contributed by atoms with Gasteiger partial charge < -0.3 is 9.47 Å². The lowest BCUT2D eigenvalue weighted by molar-refractivity contribution is 0.0571. The molecule has 14 heavy (non-hydrogen) atoms. The molecule has 0 saturated heterocycles. The van der Waals surface area contributed by atoms with Crippen LogP contribution in [0.25, 0.3) is 0 Å². The van der Waals surface area contributed by atoms with Crippen molar-refractivity contribution in [3.05, 3.63) is 0 Å². The summed E-state index contributed by atoms with van der Waals surface area (Å²) in [5, 5.41) is 0. The largest absolute Gasteiger partial charge is 0.508 e. The number of halogens is 2. The summed E-state index contributed by atoms with van der Waals surface area (Å²) in [6.45, 7) is 5.00. The molecule has 2 unspecified atom stereocenters. The summed E-state index contributed by atoms with van der Waals surface area (Å²) in [5.41, 5.74) is 0. The van der Waals surface area contributed by atoms with Crippen molar-refractivity contribution in [3.63, 3.8) is 0 Å². The third kappa shape index (κ3) is 8.07. The minimum Gasteiger partial charge on any atom is -0.433 e. The average molecular weight is 426 g/mol. The van der Waals surface area contributed by atoms with Crippen LogP contribution in [0.2, 0.25) is 0 Å². The third-order valence-electron chi connectivity index (χ3n) is 1.65. The normalized spacial score (nSPS) is 14.6. The molecule has 0 spiro atoms. The number of hydrogen-bond acceptors (Lipinski definition) is 3. The highest BCUT2D eigenvalue weighted by molar-refractivity contribution is 14.1. The topological polar surface area (TPSA) is 35.5 Å². The van der Waals surface area contributed by atoms with E-state index in [9.17, 15) is 4.79 Å². The van der Waals surface area contributed by atoms with E-state index in [1.54, 1.807) is 0 Å². The van der Waals surface area contributed by atoms with Gasteiger partial charge in [0.05, 0.1) is 0 Å². The van der Waals surface area contributed by atoms with Crippen LogP contribution in [0.15, 0.2) is 0 Å². The summed E-state index contributed by atoms with van der Waals surface area (Å²) in [6.07, 6.45) is 1.45. The molecule has 0 bridgehead atoms. The zero-order chi connectivity index (χ0) is 11.0. The lowest BCUT2D eigenvalue weighted by Crippen LogP contribution is -2.17. The number of alkyl halides is 2. The van der Waals surface area contributed by atoms with Crippen molar-refractivity contribution >= 4 is 51.3 Å². The quantitative estimate of drug-likeness (QED) is 0.371. The molecule has 0 aliphatic rings. The molecule has 0 aromatic carbocycles.